The van der Waals surface area contributed by atoms with Gasteiger partial charge in [0.1, 0.15) is 5.52 Å². The van der Waals surface area contributed by atoms with E-state index in [1.54, 1.807) is 18.2 Å². The van der Waals surface area contributed by atoms with Crippen molar-refractivity contribution in [1.82, 2.24) is 4.98 Å². The second-order valence-electron chi connectivity index (χ2n) is 3.85. The van der Waals surface area contributed by atoms with Crippen molar-refractivity contribution >= 4 is 51.8 Å². The van der Waals surface area contributed by atoms with Gasteiger partial charge < -0.3 is 10.2 Å². The first-order chi connectivity index (χ1) is 9.13. The molecule has 0 aliphatic rings. The fourth-order valence-electron chi connectivity index (χ4n) is 1.63. The van der Waals surface area contributed by atoms with E-state index in [4.69, 9.17) is 33.4 Å². The van der Waals surface area contributed by atoms with Crippen molar-refractivity contribution in [2.45, 2.75) is 10.1 Å². The van der Waals surface area contributed by atoms with Crippen LogP contribution in [-0.2, 0) is 0 Å². The summed E-state index contributed by atoms with van der Waals surface area (Å²) in [6, 6.07) is 10.8. The summed E-state index contributed by atoms with van der Waals surface area (Å²) < 4.78 is 5.62. The summed E-state index contributed by atoms with van der Waals surface area (Å²) in [7, 11) is 0. The molecule has 0 aliphatic heterocycles. The van der Waals surface area contributed by atoms with Crippen molar-refractivity contribution in [2.24, 2.45) is 0 Å². The van der Waals surface area contributed by atoms with Gasteiger partial charge in [0.25, 0.3) is 5.22 Å². The average molecular weight is 311 g/mol. The molecule has 96 valence electrons. The molecule has 0 aliphatic carbocycles. The molecule has 1 aromatic heterocycles. The normalized spacial score (nSPS) is 11.1. The van der Waals surface area contributed by atoms with Crippen molar-refractivity contribution in [3.8, 4) is 0 Å². The topological polar surface area (TPSA) is 52.0 Å². The maximum absolute atomic E-state index is 5.97. The zero-order chi connectivity index (χ0) is 13.4. The Morgan fingerprint density at radius 2 is 1.95 bits per heavy atom. The van der Waals surface area contributed by atoms with Crippen LogP contribution < -0.4 is 5.73 Å². The molecule has 0 spiro atoms. The van der Waals surface area contributed by atoms with Gasteiger partial charge in [-0.3, -0.25) is 0 Å². The number of benzene rings is 2. The van der Waals surface area contributed by atoms with Gasteiger partial charge in [-0.2, -0.15) is 0 Å². The number of anilines is 1. The highest BCUT2D eigenvalue weighted by molar-refractivity contribution is 7.99. The highest BCUT2D eigenvalue weighted by atomic mass is 35.5. The maximum Gasteiger partial charge on any atom is 0.261 e. The van der Waals surface area contributed by atoms with Crippen molar-refractivity contribution in [2.75, 3.05) is 5.73 Å². The lowest BCUT2D eigenvalue weighted by molar-refractivity contribution is 0.489. The van der Waals surface area contributed by atoms with E-state index in [1.807, 2.05) is 18.2 Å². The third-order valence-corrected chi connectivity index (χ3v) is 4.10. The van der Waals surface area contributed by atoms with E-state index in [-0.39, 0.29) is 0 Å². The van der Waals surface area contributed by atoms with Gasteiger partial charge in [0.05, 0.1) is 15.7 Å². The van der Waals surface area contributed by atoms with Crippen LogP contribution >= 0.6 is 35.0 Å². The second-order valence-corrected chi connectivity index (χ2v) is 5.69. The molecule has 0 atom stereocenters. The lowest BCUT2D eigenvalue weighted by Crippen LogP contribution is -1.84. The van der Waals surface area contributed by atoms with Crippen LogP contribution in [0.3, 0.4) is 0 Å². The molecule has 1 heterocycles. The van der Waals surface area contributed by atoms with E-state index in [0.29, 0.717) is 32.1 Å². The first kappa shape index (κ1) is 12.7. The number of rotatable bonds is 2. The summed E-state index contributed by atoms with van der Waals surface area (Å²) in [6.07, 6.45) is 0. The summed E-state index contributed by atoms with van der Waals surface area (Å²) in [6.45, 7) is 0. The van der Waals surface area contributed by atoms with E-state index in [1.165, 1.54) is 11.8 Å². The molecule has 3 aromatic rings. The monoisotopic (exact) mass is 310 g/mol. The van der Waals surface area contributed by atoms with Gasteiger partial charge >= 0.3 is 0 Å². The van der Waals surface area contributed by atoms with Gasteiger partial charge in [0.2, 0.25) is 0 Å². The highest BCUT2D eigenvalue weighted by Crippen LogP contribution is 2.34. The number of nitrogens with two attached hydrogens (primary N) is 1. The molecule has 0 saturated heterocycles. The summed E-state index contributed by atoms with van der Waals surface area (Å²) in [5.41, 5.74) is 7.78. The quantitative estimate of drug-likeness (QED) is 0.686. The summed E-state index contributed by atoms with van der Waals surface area (Å²) >= 11 is 13.2. The SMILES string of the molecule is Nc1cccc2oc(Sc3ccc(Cl)c(Cl)c3)nc12. The number of nitrogen functional groups attached to an aromatic ring is 1. The highest BCUT2D eigenvalue weighted by Gasteiger charge is 2.10. The van der Waals surface area contributed by atoms with Gasteiger partial charge in [-0.1, -0.05) is 29.3 Å². The van der Waals surface area contributed by atoms with Crippen LogP contribution in [0.5, 0.6) is 0 Å². The van der Waals surface area contributed by atoms with E-state index in [2.05, 4.69) is 4.98 Å². The maximum atomic E-state index is 5.97. The van der Waals surface area contributed by atoms with Crippen molar-refractivity contribution in [1.29, 1.82) is 0 Å². The Hall–Kier alpha value is -1.36. The molecule has 0 radical (unpaired) electrons. The smallest absolute Gasteiger partial charge is 0.261 e. The van der Waals surface area contributed by atoms with Crippen molar-refractivity contribution in [3.63, 3.8) is 0 Å². The molecule has 2 aromatic carbocycles. The Morgan fingerprint density at radius 1 is 1.11 bits per heavy atom. The molecular weight excluding hydrogens is 303 g/mol. The third kappa shape index (κ3) is 2.52. The van der Waals surface area contributed by atoms with E-state index in [0.717, 1.165) is 4.90 Å². The summed E-state index contributed by atoms with van der Waals surface area (Å²) in [4.78, 5) is 5.26. The summed E-state index contributed by atoms with van der Waals surface area (Å²) in [5.74, 6) is 0. The predicted octanol–water partition coefficient (Wildman–Crippen LogP) is 4.87. The summed E-state index contributed by atoms with van der Waals surface area (Å²) in [5, 5.41) is 1.54. The molecule has 6 heteroatoms. The molecule has 0 fully saturated rings. The molecule has 19 heavy (non-hydrogen) atoms. The Labute approximate surface area is 123 Å². The lowest BCUT2D eigenvalue weighted by Gasteiger charge is -1.99. The number of nitrogens with zero attached hydrogens (tertiary/aromatic N) is 1. The van der Waals surface area contributed by atoms with Crippen LogP contribution in [0.2, 0.25) is 10.0 Å². The molecule has 3 rings (SSSR count). The Kier molecular flexibility index (Phi) is 3.31. The number of oxazole rings is 1. The third-order valence-electron chi connectivity index (χ3n) is 2.53. The minimum absolute atomic E-state index is 0.502. The molecule has 0 amide bonds. The first-order valence-electron chi connectivity index (χ1n) is 5.41. The van der Waals surface area contributed by atoms with E-state index in [9.17, 15) is 0 Å². The van der Waals surface area contributed by atoms with Crippen LogP contribution in [-0.4, -0.2) is 4.98 Å². The van der Waals surface area contributed by atoms with Gasteiger partial charge in [0, 0.05) is 4.90 Å². The van der Waals surface area contributed by atoms with E-state index < -0.39 is 0 Å². The molecule has 0 saturated carbocycles. The number of hydrogen-bond acceptors (Lipinski definition) is 4. The number of hydrogen-bond donors (Lipinski definition) is 1. The standard InChI is InChI=1S/C13H8Cl2N2OS/c14-8-5-4-7(6-9(8)15)19-13-17-12-10(16)2-1-3-11(12)18-13/h1-6H,16H2. The fourth-order valence-corrected chi connectivity index (χ4v) is 2.78. The van der Waals surface area contributed by atoms with Gasteiger partial charge in [0.15, 0.2) is 5.58 Å². The first-order valence-corrected chi connectivity index (χ1v) is 6.98. The Morgan fingerprint density at radius 3 is 2.68 bits per heavy atom. The fraction of sp³-hybridized carbons (Fsp3) is 0. The molecule has 2 N–H and O–H groups in total. The Balaban J connectivity index is 1.96. The molecule has 3 nitrogen and oxygen atoms in total. The van der Waals surface area contributed by atoms with Crippen molar-refractivity contribution < 1.29 is 4.42 Å². The minimum Gasteiger partial charge on any atom is -0.431 e. The van der Waals surface area contributed by atoms with E-state index >= 15 is 0 Å². The minimum atomic E-state index is 0.502. The van der Waals surface area contributed by atoms with Gasteiger partial charge in [-0.25, -0.2) is 4.98 Å². The molecule has 0 bridgehead atoms. The number of halogens is 2. The number of fused-ring (bicyclic) bond motifs is 1. The van der Waals surface area contributed by atoms with Gasteiger partial charge in [-0.05, 0) is 42.1 Å². The lowest BCUT2D eigenvalue weighted by atomic mass is 10.3. The van der Waals surface area contributed by atoms with Crippen LogP contribution in [0, 0.1) is 0 Å². The van der Waals surface area contributed by atoms with Crippen LogP contribution in [0.25, 0.3) is 11.1 Å². The molecular formula is C13H8Cl2N2OS. The second kappa shape index (κ2) is 4.96. The van der Waals surface area contributed by atoms with Crippen LogP contribution in [0.4, 0.5) is 5.69 Å². The van der Waals surface area contributed by atoms with Gasteiger partial charge in [-0.15, -0.1) is 0 Å². The van der Waals surface area contributed by atoms with Crippen LogP contribution in [0.15, 0.2) is 50.9 Å². The Bertz CT molecular complexity index is 757. The number of para-hydroxylation sites is 1. The van der Waals surface area contributed by atoms with Crippen LogP contribution in [0.1, 0.15) is 0 Å². The number of aromatic nitrogens is 1. The predicted molar refractivity (Wildman–Crippen MR) is 79.0 cm³/mol. The average Bonchev–Trinajstić information content (AvgIpc) is 2.78. The molecule has 0 unspecified atom stereocenters. The zero-order valence-electron chi connectivity index (χ0n) is 9.56. The van der Waals surface area contributed by atoms with Crippen molar-refractivity contribution in [3.05, 3.63) is 46.4 Å². The largest absolute Gasteiger partial charge is 0.431 e. The zero-order valence-corrected chi connectivity index (χ0v) is 11.9.